The molecule has 0 aliphatic rings. The molecule has 0 saturated carbocycles. The Morgan fingerprint density at radius 2 is 1.95 bits per heavy atom. The molecule has 0 aliphatic heterocycles. The van der Waals surface area contributed by atoms with Crippen molar-refractivity contribution in [3.8, 4) is 0 Å². The van der Waals surface area contributed by atoms with Gasteiger partial charge in [-0.3, -0.25) is 0 Å². The number of hydrogen-bond donors (Lipinski definition) is 2. The minimum atomic E-state index is -0.234. The fourth-order valence-electron chi connectivity index (χ4n) is 1.79. The molecule has 19 heavy (non-hydrogen) atoms. The van der Waals surface area contributed by atoms with Crippen molar-refractivity contribution in [2.24, 2.45) is 5.73 Å². The summed E-state index contributed by atoms with van der Waals surface area (Å²) in [5, 5.41) is 11.0. The van der Waals surface area contributed by atoms with Gasteiger partial charge < -0.3 is 15.5 Å². The van der Waals surface area contributed by atoms with Crippen molar-refractivity contribution < 1.29 is 4.42 Å². The van der Waals surface area contributed by atoms with Gasteiger partial charge in [0.1, 0.15) is 0 Å². The van der Waals surface area contributed by atoms with Crippen LogP contribution in [0.25, 0.3) is 0 Å². The Bertz CT molecular complexity index is 495. The number of benzene rings is 1. The lowest BCUT2D eigenvalue weighted by Crippen LogP contribution is -2.16. The summed E-state index contributed by atoms with van der Waals surface area (Å²) in [5.41, 5.74) is 7.00. The molecule has 0 fully saturated rings. The normalized spacial score (nSPS) is 14.1. The van der Waals surface area contributed by atoms with Crippen molar-refractivity contribution in [1.82, 2.24) is 10.2 Å². The van der Waals surface area contributed by atoms with Crippen molar-refractivity contribution in [3.05, 3.63) is 41.8 Å². The fourth-order valence-corrected chi connectivity index (χ4v) is 1.79. The second kappa shape index (κ2) is 6.33. The highest BCUT2D eigenvalue weighted by Crippen LogP contribution is 2.13. The van der Waals surface area contributed by atoms with Gasteiger partial charge in [-0.05, 0) is 32.3 Å². The van der Waals surface area contributed by atoms with E-state index in [1.165, 1.54) is 5.56 Å². The lowest BCUT2D eigenvalue weighted by molar-refractivity contribution is 0.468. The van der Waals surface area contributed by atoms with E-state index in [2.05, 4.69) is 46.7 Å². The smallest absolute Gasteiger partial charge is 0.315 e. The van der Waals surface area contributed by atoms with Crippen LogP contribution in [-0.4, -0.2) is 16.2 Å². The molecule has 0 amide bonds. The fraction of sp³-hybridized carbons (Fsp3) is 0.429. The second-order valence-corrected chi connectivity index (χ2v) is 4.80. The monoisotopic (exact) mass is 260 g/mol. The SMILES string of the molecule is CC(CCc1ccccc1)Nc1nnc(C(C)N)o1. The number of aromatic nitrogens is 2. The molecule has 1 aromatic heterocycles. The van der Waals surface area contributed by atoms with Crippen molar-refractivity contribution in [2.75, 3.05) is 5.32 Å². The number of nitrogens with one attached hydrogen (secondary N) is 1. The molecule has 0 saturated heterocycles. The van der Waals surface area contributed by atoms with E-state index in [1.807, 2.05) is 13.0 Å². The summed E-state index contributed by atoms with van der Waals surface area (Å²) in [6, 6.07) is 10.9. The third kappa shape index (κ3) is 4.06. The lowest BCUT2D eigenvalue weighted by Gasteiger charge is -2.11. The maximum absolute atomic E-state index is 5.67. The van der Waals surface area contributed by atoms with Gasteiger partial charge in [0.2, 0.25) is 5.89 Å². The van der Waals surface area contributed by atoms with E-state index in [4.69, 9.17) is 10.2 Å². The van der Waals surface area contributed by atoms with Crippen LogP contribution in [0, 0.1) is 0 Å². The molecule has 0 aliphatic carbocycles. The van der Waals surface area contributed by atoms with Crippen molar-refractivity contribution in [1.29, 1.82) is 0 Å². The number of rotatable bonds is 6. The van der Waals surface area contributed by atoms with Crippen LogP contribution in [0.1, 0.15) is 37.8 Å². The Balaban J connectivity index is 1.82. The van der Waals surface area contributed by atoms with E-state index in [1.54, 1.807) is 0 Å². The standard InChI is InChI=1S/C14H20N4O/c1-10(8-9-12-6-4-3-5-7-12)16-14-18-17-13(19-14)11(2)15/h3-7,10-11H,8-9,15H2,1-2H3,(H,16,18). The summed E-state index contributed by atoms with van der Waals surface area (Å²) < 4.78 is 5.41. The average molecular weight is 260 g/mol. The first-order valence-corrected chi connectivity index (χ1v) is 6.54. The highest BCUT2D eigenvalue weighted by atomic mass is 16.4. The highest BCUT2D eigenvalue weighted by Gasteiger charge is 2.11. The van der Waals surface area contributed by atoms with Gasteiger partial charge in [-0.1, -0.05) is 35.4 Å². The molecule has 2 rings (SSSR count). The van der Waals surface area contributed by atoms with Gasteiger partial charge in [0.05, 0.1) is 6.04 Å². The van der Waals surface area contributed by atoms with Crippen LogP contribution in [-0.2, 0) is 6.42 Å². The molecule has 5 nitrogen and oxygen atoms in total. The number of hydrogen-bond acceptors (Lipinski definition) is 5. The molecule has 102 valence electrons. The summed E-state index contributed by atoms with van der Waals surface area (Å²) in [6.45, 7) is 3.91. The van der Waals surface area contributed by atoms with Crippen LogP contribution >= 0.6 is 0 Å². The zero-order valence-corrected chi connectivity index (χ0v) is 11.3. The summed E-state index contributed by atoms with van der Waals surface area (Å²) in [5.74, 6) is 0.456. The number of nitrogens with zero attached hydrogens (tertiary/aromatic N) is 2. The first-order valence-electron chi connectivity index (χ1n) is 6.54. The van der Waals surface area contributed by atoms with Crippen molar-refractivity contribution >= 4 is 6.01 Å². The quantitative estimate of drug-likeness (QED) is 0.834. The van der Waals surface area contributed by atoms with Gasteiger partial charge in [0, 0.05) is 6.04 Å². The average Bonchev–Trinajstić information content (AvgIpc) is 2.86. The molecule has 1 aromatic carbocycles. The molecule has 1 heterocycles. The maximum atomic E-state index is 5.67. The Morgan fingerprint density at radius 3 is 2.58 bits per heavy atom. The predicted octanol–water partition coefficient (Wildman–Crippen LogP) is 2.52. The Kier molecular flexibility index (Phi) is 4.52. The van der Waals surface area contributed by atoms with Crippen molar-refractivity contribution in [2.45, 2.75) is 38.8 Å². The van der Waals surface area contributed by atoms with Gasteiger partial charge in [-0.2, -0.15) is 0 Å². The zero-order valence-electron chi connectivity index (χ0n) is 11.3. The summed E-state index contributed by atoms with van der Waals surface area (Å²) in [6.07, 6.45) is 2.02. The topological polar surface area (TPSA) is 77.0 Å². The minimum Gasteiger partial charge on any atom is -0.406 e. The molecule has 2 unspecified atom stereocenters. The Labute approximate surface area is 113 Å². The van der Waals surface area contributed by atoms with Gasteiger partial charge in [0.25, 0.3) is 0 Å². The molecule has 2 aromatic rings. The van der Waals surface area contributed by atoms with Crippen LogP contribution < -0.4 is 11.1 Å². The largest absolute Gasteiger partial charge is 0.406 e. The molecule has 0 radical (unpaired) electrons. The minimum absolute atomic E-state index is 0.234. The van der Waals surface area contributed by atoms with Gasteiger partial charge >= 0.3 is 6.01 Å². The van der Waals surface area contributed by atoms with Crippen LogP contribution in [0.15, 0.2) is 34.7 Å². The van der Waals surface area contributed by atoms with Gasteiger partial charge in [-0.15, -0.1) is 5.10 Å². The molecular formula is C14H20N4O. The van der Waals surface area contributed by atoms with E-state index in [0.29, 0.717) is 11.9 Å². The lowest BCUT2D eigenvalue weighted by atomic mass is 10.1. The van der Waals surface area contributed by atoms with Gasteiger partial charge in [0.15, 0.2) is 0 Å². The van der Waals surface area contributed by atoms with Crippen LogP contribution in [0.5, 0.6) is 0 Å². The molecule has 3 N–H and O–H groups in total. The number of aryl methyl sites for hydroxylation is 1. The molecule has 0 bridgehead atoms. The van der Waals surface area contributed by atoms with E-state index < -0.39 is 0 Å². The van der Waals surface area contributed by atoms with Crippen LogP contribution in [0.4, 0.5) is 6.01 Å². The Hall–Kier alpha value is -1.88. The third-order valence-corrected chi connectivity index (χ3v) is 2.91. The van der Waals surface area contributed by atoms with Crippen LogP contribution in [0.2, 0.25) is 0 Å². The summed E-state index contributed by atoms with van der Waals surface area (Å²) in [4.78, 5) is 0. The molecule has 0 spiro atoms. The number of anilines is 1. The first-order chi connectivity index (χ1) is 9.15. The maximum Gasteiger partial charge on any atom is 0.315 e. The second-order valence-electron chi connectivity index (χ2n) is 4.80. The number of nitrogens with two attached hydrogens (primary N) is 1. The zero-order chi connectivity index (χ0) is 13.7. The molecule has 5 heteroatoms. The molecule has 2 atom stereocenters. The third-order valence-electron chi connectivity index (χ3n) is 2.91. The van der Waals surface area contributed by atoms with Crippen molar-refractivity contribution in [3.63, 3.8) is 0 Å². The first kappa shape index (κ1) is 13.5. The summed E-state index contributed by atoms with van der Waals surface area (Å²) >= 11 is 0. The van der Waals surface area contributed by atoms with E-state index in [9.17, 15) is 0 Å². The predicted molar refractivity (Wildman–Crippen MR) is 74.7 cm³/mol. The molecular weight excluding hydrogens is 240 g/mol. The van der Waals surface area contributed by atoms with E-state index >= 15 is 0 Å². The highest BCUT2D eigenvalue weighted by molar-refractivity contribution is 5.20. The Morgan fingerprint density at radius 1 is 1.21 bits per heavy atom. The van der Waals surface area contributed by atoms with E-state index in [0.717, 1.165) is 12.8 Å². The van der Waals surface area contributed by atoms with E-state index in [-0.39, 0.29) is 12.1 Å². The van der Waals surface area contributed by atoms with Gasteiger partial charge in [-0.25, -0.2) is 0 Å². The summed E-state index contributed by atoms with van der Waals surface area (Å²) in [7, 11) is 0. The van der Waals surface area contributed by atoms with Crippen LogP contribution in [0.3, 0.4) is 0 Å².